The predicted molar refractivity (Wildman–Crippen MR) is 69.8 cm³/mol. The van der Waals surface area contributed by atoms with Crippen LogP contribution in [0.15, 0.2) is 46.9 Å². The Morgan fingerprint density at radius 2 is 1.85 bits per heavy atom. The summed E-state index contributed by atoms with van der Waals surface area (Å²) in [6.07, 6.45) is 2.71. The molecule has 2 rings (SSSR count). The molecule has 0 saturated carbocycles. The number of esters is 1. The molecule has 0 bridgehead atoms. The van der Waals surface area contributed by atoms with Gasteiger partial charge in [-0.2, -0.15) is 0 Å². The minimum atomic E-state index is -0.588. The lowest BCUT2D eigenvalue weighted by molar-refractivity contribution is 0.0564. The van der Waals surface area contributed by atoms with Crippen LogP contribution in [0.25, 0.3) is 6.08 Å². The standard InChI is InChI=1S/C15H11FO4/c1-19-15(18)14-9-7-12(20-14)6-8-13(17)10-2-4-11(16)5-3-10/h2-9H,1H3/b8-6+. The van der Waals surface area contributed by atoms with Gasteiger partial charge in [0.05, 0.1) is 7.11 Å². The van der Waals surface area contributed by atoms with Gasteiger partial charge in [-0.15, -0.1) is 0 Å². The molecule has 0 saturated heterocycles. The van der Waals surface area contributed by atoms with E-state index in [0.717, 1.165) is 0 Å². The first kappa shape index (κ1) is 13.7. The van der Waals surface area contributed by atoms with Gasteiger partial charge in [0, 0.05) is 5.56 Å². The fourth-order valence-corrected chi connectivity index (χ4v) is 1.52. The highest BCUT2D eigenvalue weighted by atomic mass is 19.1. The highest BCUT2D eigenvalue weighted by molar-refractivity contribution is 6.06. The number of benzene rings is 1. The van der Waals surface area contributed by atoms with Gasteiger partial charge in [-0.3, -0.25) is 4.79 Å². The number of furan rings is 1. The highest BCUT2D eigenvalue weighted by Crippen LogP contribution is 2.12. The Morgan fingerprint density at radius 1 is 1.15 bits per heavy atom. The summed E-state index contributed by atoms with van der Waals surface area (Å²) in [5.41, 5.74) is 0.363. The minimum Gasteiger partial charge on any atom is -0.463 e. The van der Waals surface area contributed by atoms with E-state index in [1.165, 1.54) is 49.6 Å². The van der Waals surface area contributed by atoms with Crippen molar-refractivity contribution in [1.82, 2.24) is 0 Å². The van der Waals surface area contributed by atoms with E-state index in [2.05, 4.69) is 4.74 Å². The lowest BCUT2D eigenvalue weighted by atomic mass is 10.1. The van der Waals surface area contributed by atoms with Crippen LogP contribution in [0.3, 0.4) is 0 Å². The molecule has 20 heavy (non-hydrogen) atoms. The number of ketones is 1. The summed E-state index contributed by atoms with van der Waals surface area (Å²) in [5.74, 6) is -0.878. The molecule has 1 heterocycles. The van der Waals surface area contributed by atoms with E-state index in [0.29, 0.717) is 11.3 Å². The van der Waals surface area contributed by atoms with Crippen LogP contribution in [0.5, 0.6) is 0 Å². The van der Waals surface area contributed by atoms with Gasteiger partial charge in [-0.05, 0) is 48.6 Å². The molecule has 0 aliphatic rings. The molecule has 5 heteroatoms. The Bertz CT molecular complexity index is 653. The Labute approximate surface area is 114 Å². The molecule has 4 nitrogen and oxygen atoms in total. The molecule has 1 aromatic heterocycles. The monoisotopic (exact) mass is 274 g/mol. The fourth-order valence-electron chi connectivity index (χ4n) is 1.52. The first-order valence-electron chi connectivity index (χ1n) is 5.76. The Kier molecular flexibility index (Phi) is 4.10. The van der Waals surface area contributed by atoms with Crippen molar-refractivity contribution in [1.29, 1.82) is 0 Å². The van der Waals surface area contributed by atoms with Gasteiger partial charge >= 0.3 is 5.97 Å². The number of rotatable bonds is 4. The van der Waals surface area contributed by atoms with Crippen molar-refractivity contribution < 1.29 is 23.1 Å². The van der Waals surface area contributed by atoms with Gasteiger partial charge in [0.2, 0.25) is 5.76 Å². The normalized spacial score (nSPS) is 10.7. The summed E-state index contributed by atoms with van der Waals surface area (Å²) in [7, 11) is 1.25. The Morgan fingerprint density at radius 3 is 2.50 bits per heavy atom. The van der Waals surface area contributed by atoms with E-state index in [4.69, 9.17) is 4.42 Å². The molecule has 1 aromatic carbocycles. The summed E-state index contributed by atoms with van der Waals surface area (Å²) < 4.78 is 22.4. The van der Waals surface area contributed by atoms with Gasteiger partial charge in [0.1, 0.15) is 11.6 Å². The predicted octanol–water partition coefficient (Wildman–Crippen LogP) is 3.10. The van der Waals surface area contributed by atoms with Crippen LogP contribution in [0.1, 0.15) is 26.7 Å². The van der Waals surface area contributed by atoms with Gasteiger partial charge in [-0.1, -0.05) is 0 Å². The molecule has 0 fully saturated rings. The number of halogens is 1. The molecular formula is C15H11FO4. The Balaban J connectivity index is 2.09. The van der Waals surface area contributed by atoms with Crippen molar-refractivity contribution in [3.63, 3.8) is 0 Å². The van der Waals surface area contributed by atoms with Crippen LogP contribution in [0, 0.1) is 5.82 Å². The molecular weight excluding hydrogens is 263 g/mol. The lowest BCUT2D eigenvalue weighted by Gasteiger charge is -1.95. The second kappa shape index (κ2) is 5.97. The third-order valence-corrected chi connectivity index (χ3v) is 2.54. The van der Waals surface area contributed by atoms with Crippen molar-refractivity contribution in [2.24, 2.45) is 0 Å². The van der Waals surface area contributed by atoms with E-state index >= 15 is 0 Å². The Hall–Kier alpha value is -2.69. The highest BCUT2D eigenvalue weighted by Gasteiger charge is 2.10. The van der Waals surface area contributed by atoms with Crippen molar-refractivity contribution in [2.75, 3.05) is 7.11 Å². The van der Waals surface area contributed by atoms with Crippen molar-refractivity contribution in [3.05, 3.63) is 65.4 Å². The zero-order valence-corrected chi connectivity index (χ0v) is 10.6. The number of ether oxygens (including phenoxy) is 1. The van der Waals surface area contributed by atoms with Gasteiger partial charge in [0.15, 0.2) is 5.78 Å². The van der Waals surface area contributed by atoms with Gasteiger partial charge in [-0.25, -0.2) is 9.18 Å². The molecule has 2 aromatic rings. The SMILES string of the molecule is COC(=O)c1ccc(/C=C/C(=O)c2ccc(F)cc2)o1. The molecule has 0 aliphatic heterocycles. The maximum absolute atomic E-state index is 12.7. The van der Waals surface area contributed by atoms with E-state index in [-0.39, 0.29) is 11.5 Å². The number of methoxy groups -OCH3 is 1. The number of carbonyl (C=O) groups is 2. The van der Waals surface area contributed by atoms with Gasteiger partial charge < -0.3 is 9.15 Å². The minimum absolute atomic E-state index is 0.0568. The molecule has 102 valence electrons. The molecule has 0 radical (unpaired) electrons. The molecule has 0 N–H and O–H groups in total. The van der Waals surface area contributed by atoms with E-state index in [1.54, 1.807) is 6.07 Å². The van der Waals surface area contributed by atoms with Crippen LogP contribution in [-0.4, -0.2) is 18.9 Å². The molecule has 0 aliphatic carbocycles. The van der Waals surface area contributed by atoms with E-state index < -0.39 is 11.8 Å². The van der Waals surface area contributed by atoms with Crippen LogP contribution in [0.2, 0.25) is 0 Å². The summed E-state index contributed by atoms with van der Waals surface area (Å²) in [6, 6.07) is 8.20. The number of allylic oxidation sites excluding steroid dienone is 1. The van der Waals surface area contributed by atoms with Crippen molar-refractivity contribution in [3.8, 4) is 0 Å². The number of carbonyl (C=O) groups excluding carboxylic acids is 2. The van der Waals surface area contributed by atoms with Crippen molar-refractivity contribution >= 4 is 17.8 Å². The van der Waals surface area contributed by atoms with Crippen LogP contribution in [-0.2, 0) is 4.74 Å². The molecule has 0 spiro atoms. The second-order valence-electron chi connectivity index (χ2n) is 3.90. The van der Waals surface area contributed by atoms with E-state index in [1.807, 2.05) is 0 Å². The average Bonchev–Trinajstić information content (AvgIpc) is 2.93. The van der Waals surface area contributed by atoms with Crippen molar-refractivity contribution in [2.45, 2.75) is 0 Å². The first-order chi connectivity index (χ1) is 9.60. The summed E-state index contributed by atoms with van der Waals surface area (Å²) in [5, 5.41) is 0. The quantitative estimate of drug-likeness (QED) is 0.488. The van der Waals surface area contributed by atoms with E-state index in [9.17, 15) is 14.0 Å². The summed E-state index contributed by atoms with van der Waals surface area (Å²) in [4.78, 5) is 23.0. The topological polar surface area (TPSA) is 56.5 Å². The molecule has 0 unspecified atom stereocenters. The zero-order valence-electron chi connectivity index (χ0n) is 10.6. The third kappa shape index (κ3) is 3.20. The lowest BCUT2D eigenvalue weighted by Crippen LogP contribution is -1.98. The zero-order chi connectivity index (χ0) is 14.5. The second-order valence-corrected chi connectivity index (χ2v) is 3.90. The van der Waals surface area contributed by atoms with Crippen LogP contribution < -0.4 is 0 Å². The molecule has 0 amide bonds. The summed E-state index contributed by atoms with van der Waals surface area (Å²) in [6.45, 7) is 0. The fraction of sp³-hybridized carbons (Fsp3) is 0.0667. The average molecular weight is 274 g/mol. The van der Waals surface area contributed by atoms with Crippen LogP contribution >= 0.6 is 0 Å². The maximum atomic E-state index is 12.7. The van der Waals surface area contributed by atoms with Crippen LogP contribution in [0.4, 0.5) is 4.39 Å². The van der Waals surface area contributed by atoms with Gasteiger partial charge in [0.25, 0.3) is 0 Å². The first-order valence-corrected chi connectivity index (χ1v) is 5.76. The number of hydrogen-bond acceptors (Lipinski definition) is 4. The largest absolute Gasteiger partial charge is 0.463 e. The summed E-state index contributed by atoms with van der Waals surface area (Å²) >= 11 is 0. The smallest absolute Gasteiger partial charge is 0.373 e. The number of hydrogen-bond donors (Lipinski definition) is 0. The maximum Gasteiger partial charge on any atom is 0.373 e. The molecule has 0 atom stereocenters. The third-order valence-electron chi connectivity index (χ3n) is 2.54.